The standard InChI is InChI=1S/C13H17ClN2O2/c1-9-13(17)16(7-8-18-2)12(15-9)10-3-5-11(14)6-4-10/h3-6,9,12,15H,7-8H2,1-2H3. The number of rotatable bonds is 4. The number of nitrogens with one attached hydrogen (secondary N) is 1. The maximum Gasteiger partial charge on any atom is 0.241 e. The van der Waals surface area contributed by atoms with E-state index in [9.17, 15) is 4.79 Å². The van der Waals surface area contributed by atoms with Gasteiger partial charge in [0, 0.05) is 18.7 Å². The van der Waals surface area contributed by atoms with E-state index in [2.05, 4.69) is 5.32 Å². The first-order chi connectivity index (χ1) is 8.63. The minimum atomic E-state index is -0.164. The Labute approximate surface area is 112 Å². The van der Waals surface area contributed by atoms with E-state index in [0.29, 0.717) is 18.2 Å². The van der Waals surface area contributed by atoms with Crippen LogP contribution >= 0.6 is 11.6 Å². The molecule has 1 aromatic rings. The van der Waals surface area contributed by atoms with Gasteiger partial charge in [0.1, 0.15) is 6.17 Å². The van der Waals surface area contributed by atoms with E-state index in [1.807, 2.05) is 31.2 Å². The molecule has 1 heterocycles. The lowest BCUT2D eigenvalue weighted by atomic mass is 10.1. The number of carbonyl (C=O) groups excluding carboxylic acids is 1. The third kappa shape index (κ3) is 2.66. The summed E-state index contributed by atoms with van der Waals surface area (Å²) in [6, 6.07) is 7.37. The summed E-state index contributed by atoms with van der Waals surface area (Å²) in [5, 5.41) is 3.97. The summed E-state index contributed by atoms with van der Waals surface area (Å²) in [6.45, 7) is 2.99. The average molecular weight is 269 g/mol. The molecule has 2 atom stereocenters. The van der Waals surface area contributed by atoms with Crippen molar-refractivity contribution in [1.29, 1.82) is 0 Å². The van der Waals surface area contributed by atoms with E-state index in [4.69, 9.17) is 16.3 Å². The Morgan fingerprint density at radius 2 is 2.06 bits per heavy atom. The molecule has 0 aliphatic carbocycles. The molecule has 4 nitrogen and oxygen atoms in total. The number of hydrogen-bond acceptors (Lipinski definition) is 3. The molecular weight excluding hydrogens is 252 g/mol. The lowest BCUT2D eigenvalue weighted by Crippen LogP contribution is -2.33. The van der Waals surface area contributed by atoms with Gasteiger partial charge in [0.25, 0.3) is 0 Å². The van der Waals surface area contributed by atoms with Crippen LogP contribution in [0.4, 0.5) is 0 Å². The normalized spacial score (nSPS) is 23.7. The van der Waals surface area contributed by atoms with E-state index in [1.54, 1.807) is 12.0 Å². The molecule has 1 N–H and O–H groups in total. The second-order valence-electron chi connectivity index (χ2n) is 4.37. The fraction of sp³-hybridized carbons (Fsp3) is 0.462. The zero-order valence-electron chi connectivity index (χ0n) is 10.5. The predicted molar refractivity (Wildman–Crippen MR) is 70.4 cm³/mol. The van der Waals surface area contributed by atoms with Crippen molar-refractivity contribution < 1.29 is 9.53 Å². The number of carbonyl (C=O) groups is 1. The maximum absolute atomic E-state index is 12.0. The van der Waals surface area contributed by atoms with Crippen LogP contribution in [-0.4, -0.2) is 37.1 Å². The van der Waals surface area contributed by atoms with Gasteiger partial charge in [0.15, 0.2) is 0 Å². The van der Waals surface area contributed by atoms with Crippen molar-refractivity contribution in [3.8, 4) is 0 Å². The zero-order valence-corrected chi connectivity index (χ0v) is 11.3. The minimum absolute atomic E-state index is 0.0973. The van der Waals surface area contributed by atoms with Gasteiger partial charge in [-0.05, 0) is 24.6 Å². The third-order valence-corrected chi connectivity index (χ3v) is 3.35. The Balaban J connectivity index is 2.19. The summed E-state index contributed by atoms with van der Waals surface area (Å²) in [5.74, 6) is 0.104. The molecule has 1 fully saturated rings. The Hall–Kier alpha value is -1.10. The van der Waals surface area contributed by atoms with E-state index in [0.717, 1.165) is 5.56 Å². The highest BCUT2D eigenvalue weighted by Gasteiger charge is 2.36. The topological polar surface area (TPSA) is 41.6 Å². The minimum Gasteiger partial charge on any atom is -0.383 e. The molecule has 0 radical (unpaired) electrons. The number of benzene rings is 1. The monoisotopic (exact) mass is 268 g/mol. The van der Waals surface area contributed by atoms with Gasteiger partial charge in [-0.15, -0.1) is 0 Å². The van der Waals surface area contributed by atoms with Crippen LogP contribution in [0.2, 0.25) is 5.02 Å². The smallest absolute Gasteiger partial charge is 0.241 e. The molecular formula is C13H17ClN2O2. The Morgan fingerprint density at radius 3 is 2.67 bits per heavy atom. The number of hydrogen-bond donors (Lipinski definition) is 1. The van der Waals surface area contributed by atoms with Gasteiger partial charge in [-0.1, -0.05) is 23.7 Å². The molecule has 1 amide bonds. The summed E-state index contributed by atoms with van der Waals surface area (Å²) in [4.78, 5) is 13.8. The summed E-state index contributed by atoms with van der Waals surface area (Å²) < 4.78 is 5.05. The van der Waals surface area contributed by atoms with Crippen LogP contribution in [0, 0.1) is 0 Å². The van der Waals surface area contributed by atoms with Crippen molar-refractivity contribution in [2.45, 2.75) is 19.1 Å². The molecule has 0 spiro atoms. The van der Waals surface area contributed by atoms with Gasteiger partial charge in [-0.2, -0.15) is 0 Å². The van der Waals surface area contributed by atoms with E-state index < -0.39 is 0 Å². The largest absolute Gasteiger partial charge is 0.383 e. The van der Waals surface area contributed by atoms with Crippen LogP contribution in [0.5, 0.6) is 0 Å². The quantitative estimate of drug-likeness (QED) is 0.906. The fourth-order valence-corrected chi connectivity index (χ4v) is 2.25. The van der Waals surface area contributed by atoms with Crippen LogP contribution in [0.15, 0.2) is 24.3 Å². The molecule has 0 bridgehead atoms. The van der Waals surface area contributed by atoms with Gasteiger partial charge in [0.05, 0.1) is 12.6 Å². The summed E-state index contributed by atoms with van der Waals surface area (Å²) >= 11 is 5.87. The second-order valence-corrected chi connectivity index (χ2v) is 4.80. The summed E-state index contributed by atoms with van der Waals surface area (Å²) in [5.41, 5.74) is 1.04. The first kappa shape index (κ1) is 13.3. The molecule has 1 aromatic carbocycles. The van der Waals surface area contributed by atoms with Gasteiger partial charge in [0.2, 0.25) is 5.91 Å². The average Bonchev–Trinajstić information content (AvgIpc) is 2.64. The maximum atomic E-state index is 12.0. The Bertz CT molecular complexity index is 422. The number of methoxy groups -OCH3 is 1. The van der Waals surface area contributed by atoms with Gasteiger partial charge >= 0.3 is 0 Å². The van der Waals surface area contributed by atoms with Crippen molar-refractivity contribution in [1.82, 2.24) is 10.2 Å². The number of halogens is 1. The molecule has 0 saturated carbocycles. The number of nitrogens with zero attached hydrogens (tertiary/aromatic N) is 1. The fourth-order valence-electron chi connectivity index (χ4n) is 2.12. The summed E-state index contributed by atoms with van der Waals surface area (Å²) in [7, 11) is 1.63. The van der Waals surface area contributed by atoms with Crippen LogP contribution in [0.1, 0.15) is 18.7 Å². The molecule has 18 heavy (non-hydrogen) atoms. The predicted octanol–water partition coefficient (Wildman–Crippen LogP) is 1.81. The zero-order chi connectivity index (χ0) is 13.1. The number of amides is 1. The SMILES string of the molecule is COCCN1C(=O)C(C)NC1c1ccc(Cl)cc1. The third-order valence-electron chi connectivity index (χ3n) is 3.10. The van der Waals surface area contributed by atoms with Crippen LogP contribution in [-0.2, 0) is 9.53 Å². The van der Waals surface area contributed by atoms with Crippen molar-refractivity contribution in [3.63, 3.8) is 0 Å². The van der Waals surface area contributed by atoms with Crippen LogP contribution in [0.3, 0.4) is 0 Å². The highest BCUT2D eigenvalue weighted by atomic mass is 35.5. The van der Waals surface area contributed by atoms with E-state index in [-0.39, 0.29) is 18.1 Å². The molecule has 2 unspecified atom stereocenters. The van der Waals surface area contributed by atoms with Gasteiger partial charge < -0.3 is 9.64 Å². The molecule has 5 heteroatoms. The first-order valence-electron chi connectivity index (χ1n) is 5.94. The highest BCUT2D eigenvalue weighted by Crippen LogP contribution is 2.25. The highest BCUT2D eigenvalue weighted by molar-refractivity contribution is 6.30. The summed E-state index contributed by atoms with van der Waals surface area (Å²) in [6.07, 6.45) is -0.0973. The van der Waals surface area contributed by atoms with Crippen LogP contribution in [0.25, 0.3) is 0 Å². The van der Waals surface area contributed by atoms with Crippen molar-refractivity contribution >= 4 is 17.5 Å². The van der Waals surface area contributed by atoms with Gasteiger partial charge in [-0.25, -0.2) is 0 Å². The Kier molecular flexibility index (Phi) is 4.22. The van der Waals surface area contributed by atoms with E-state index in [1.165, 1.54) is 0 Å². The molecule has 1 aliphatic heterocycles. The number of ether oxygens (including phenoxy) is 1. The lowest BCUT2D eigenvalue weighted by molar-refractivity contribution is -0.130. The lowest BCUT2D eigenvalue weighted by Gasteiger charge is -2.24. The van der Waals surface area contributed by atoms with Crippen LogP contribution < -0.4 is 5.32 Å². The first-order valence-corrected chi connectivity index (χ1v) is 6.32. The Morgan fingerprint density at radius 1 is 1.39 bits per heavy atom. The molecule has 98 valence electrons. The molecule has 0 aromatic heterocycles. The molecule has 1 aliphatic rings. The van der Waals surface area contributed by atoms with Crippen molar-refractivity contribution in [3.05, 3.63) is 34.9 Å². The van der Waals surface area contributed by atoms with Crippen molar-refractivity contribution in [2.75, 3.05) is 20.3 Å². The van der Waals surface area contributed by atoms with Gasteiger partial charge in [-0.3, -0.25) is 10.1 Å². The molecule has 1 saturated heterocycles. The molecule has 2 rings (SSSR count). The van der Waals surface area contributed by atoms with Crippen molar-refractivity contribution in [2.24, 2.45) is 0 Å². The van der Waals surface area contributed by atoms with E-state index >= 15 is 0 Å². The second kappa shape index (κ2) is 5.69.